The quantitative estimate of drug-likeness (QED) is 0.873. The number of fused-ring (bicyclic) bond motifs is 1. The van der Waals surface area contributed by atoms with Gasteiger partial charge >= 0.3 is 0 Å². The number of halogens is 1. The fourth-order valence-corrected chi connectivity index (χ4v) is 3.30. The van der Waals surface area contributed by atoms with Crippen molar-refractivity contribution in [3.05, 3.63) is 29.4 Å². The molecule has 1 aromatic carbocycles. The minimum atomic E-state index is 0.488. The second-order valence-electron chi connectivity index (χ2n) is 6.09. The van der Waals surface area contributed by atoms with E-state index in [2.05, 4.69) is 26.1 Å². The molecule has 2 fully saturated rings. The van der Waals surface area contributed by atoms with Crippen LogP contribution in [0.25, 0.3) is 10.8 Å². The lowest BCUT2D eigenvalue weighted by Gasteiger charge is -2.35. The van der Waals surface area contributed by atoms with Crippen molar-refractivity contribution in [1.82, 2.24) is 15.1 Å². The average Bonchev–Trinajstić information content (AvgIpc) is 3.33. The summed E-state index contributed by atoms with van der Waals surface area (Å²) in [5.41, 5.74) is 0. The van der Waals surface area contributed by atoms with Crippen LogP contribution in [0.15, 0.2) is 24.3 Å². The summed E-state index contributed by atoms with van der Waals surface area (Å²) in [4.78, 5) is 4.93. The molecular formula is C16H19ClN4. The van der Waals surface area contributed by atoms with E-state index in [1.807, 2.05) is 18.2 Å². The Balaban J connectivity index is 1.55. The molecule has 2 aliphatic rings. The second-order valence-corrected chi connectivity index (χ2v) is 6.45. The van der Waals surface area contributed by atoms with Crippen LogP contribution in [0.1, 0.15) is 12.8 Å². The zero-order valence-corrected chi connectivity index (χ0v) is 12.8. The fraction of sp³-hybridized carbons (Fsp3) is 0.500. The lowest BCUT2D eigenvalue weighted by Crippen LogP contribution is -2.47. The molecule has 1 saturated carbocycles. The number of nitrogens with zero attached hydrogens (tertiary/aromatic N) is 4. The van der Waals surface area contributed by atoms with Gasteiger partial charge in [-0.05, 0) is 18.8 Å². The van der Waals surface area contributed by atoms with Crippen LogP contribution in [0, 0.1) is 5.92 Å². The second kappa shape index (κ2) is 5.43. The van der Waals surface area contributed by atoms with Crippen molar-refractivity contribution >= 4 is 28.2 Å². The highest BCUT2D eigenvalue weighted by Gasteiger charge is 2.27. The van der Waals surface area contributed by atoms with Crippen LogP contribution in [0.2, 0.25) is 5.15 Å². The Morgan fingerprint density at radius 3 is 2.43 bits per heavy atom. The van der Waals surface area contributed by atoms with Crippen molar-refractivity contribution in [2.24, 2.45) is 5.92 Å². The normalized spacial score (nSPS) is 20.1. The molecule has 1 saturated heterocycles. The Labute approximate surface area is 129 Å². The minimum absolute atomic E-state index is 0.488. The molecule has 0 radical (unpaired) electrons. The molecule has 0 bridgehead atoms. The van der Waals surface area contributed by atoms with Crippen molar-refractivity contribution in [3.63, 3.8) is 0 Å². The zero-order chi connectivity index (χ0) is 14.2. The largest absolute Gasteiger partial charge is 0.352 e. The summed E-state index contributed by atoms with van der Waals surface area (Å²) in [7, 11) is 0. The SMILES string of the molecule is Clc1nnc(N2CCN(CC3CC3)CC2)c2ccccc12. The first kappa shape index (κ1) is 13.3. The molecule has 0 atom stereocenters. The van der Waals surface area contributed by atoms with Crippen molar-refractivity contribution in [1.29, 1.82) is 0 Å². The van der Waals surface area contributed by atoms with Crippen LogP contribution in [0.5, 0.6) is 0 Å². The molecule has 2 heterocycles. The van der Waals surface area contributed by atoms with E-state index in [0.717, 1.165) is 48.7 Å². The van der Waals surface area contributed by atoms with E-state index in [-0.39, 0.29) is 0 Å². The van der Waals surface area contributed by atoms with E-state index >= 15 is 0 Å². The molecular weight excluding hydrogens is 284 g/mol. The summed E-state index contributed by atoms with van der Waals surface area (Å²) in [5.74, 6) is 1.94. The van der Waals surface area contributed by atoms with Gasteiger partial charge in [0, 0.05) is 43.5 Å². The van der Waals surface area contributed by atoms with Crippen molar-refractivity contribution in [2.45, 2.75) is 12.8 Å². The summed E-state index contributed by atoms with van der Waals surface area (Å²) in [5, 5.41) is 11.1. The van der Waals surface area contributed by atoms with E-state index in [1.54, 1.807) is 0 Å². The van der Waals surface area contributed by atoms with Crippen LogP contribution >= 0.6 is 11.6 Å². The van der Waals surface area contributed by atoms with Crippen LogP contribution in [-0.2, 0) is 0 Å². The molecule has 21 heavy (non-hydrogen) atoms. The molecule has 0 amide bonds. The van der Waals surface area contributed by atoms with Gasteiger partial charge in [0.1, 0.15) is 0 Å². The first-order valence-corrected chi connectivity index (χ1v) is 8.07. The number of hydrogen-bond acceptors (Lipinski definition) is 4. The number of rotatable bonds is 3. The van der Waals surface area contributed by atoms with Gasteiger partial charge in [-0.3, -0.25) is 4.90 Å². The monoisotopic (exact) mass is 302 g/mol. The molecule has 0 unspecified atom stereocenters. The van der Waals surface area contributed by atoms with Crippen molar-refractivity contribution in [2.75, 3.05) is 37.6 Å². The molecule has 0 spiro atoms. The van der Waals surface area contributed by atoms with Gasteiger partial charge in [-0.15, -0.1) is 10.2 Å². The lowest BCUT2D eigenvalue weighted by molar-refractivity contribution is 0.247. The highest BCUT2D eigenvalue weighted by molar-refractivity contribution is 6.34. The van der Waals surface area contributed by atoms with Crippen LogP contribution < -0.4 is 4.90 Å². The minimum Gasteiger partial charge on any atom is -0.352 e. The van der Waals surface area contributed by atoms with Gasteiger partial charge in [0.05, 0.1) is 0 Å². The summed E-state index contributed by atoms with van der Waals surface area (Å²) >= 11 is 6.15. The third kappa shape index (κ3) is 2.70. The van der Waals surface area contributed by atoms with Crippen LogP contribution in [0.3, 0.4) is 0 Å². The van der Waals surface area contributed by atoms with Crippen LogP contribution in [0.4, 0.5) is 5.82 Å². The van der Waals surface area contributed by atoms with Crippen molar-refractivity contribution in [3.8, 4) is 0 Å². The first-order chi connectivity index (χ1) is 10.3. The molecule has 1 aliphatic heterocycles. The molecule has 110 valence electrons. The molecule has 1 aliphatic carbocycles. The highest BCUT2D eigenvalue weighted by atomic mass is 35.5. The molecule has 2 aromatic rings. The predicted octanol–water partition coefficient (Wildman–Crippen LogP) is 2.82. The lowest BCUT2D eigenvalue weighted by atomic mass is 10.1. The maximum atomic E-state index is 6.15. The Bertz CT molecular complexity index is 648. The average molecular weight is 303 g/mol. The Kier molecular flexibility index (Phi) is 3.43. The summed E-state index contributed by atoms with van der Waals surface area (Å²) < 4.78 is 0. The van der Waals surface area contributed by atoms with E-state index in [0.29, 0.717) is 5.15 Å². The van der Waals surface area contributed by atoms with E-state index in [1.165, 1.54) is 19.4 Å². The third-order valence-electron chi connectivity index (χ3n) is 4.51. The van der Waals surface area contributed by atoms with E-state index in [4.69, 9.17) is 11.6 Å². The van der Waals surface area contributed by atoms with Gasteiger partial charge in [-0.1, -0.05) is 35.9 Å². The predicted molar refractivity (Wildman–Crippen MR) is 85.9 cm³/mol. The maximum Gasteiger partial charge on any atom is 0.159 e. The first-order valence-electron chi connectivity index (χ1n) is 7.69. The van der Waals surface area contributed by atoms with Gasteiger partial charge in [0.15, 0.2) is 11.0 Å². The van der Waals surface area contributed by atoms with Gasteiger partial charge in [0.25, 0.3) is 0 Å². The maximum absolute atomic E-state index is 6.15. The zero-order valence-electron chi connectivity index (χ0n) is 12.0. The van der Waals surface area contributed by atoms with Gasteiger partial charge < -0.3 is 4.90 Å². The molecule has 5 heteroatoms. The topological polar surface area (TPSA) is 32.3 Å². The summed E-state index contributed by atoms with van der Waals surface area (Å²) in [6.07, 6.45) is 2.85. The third-order valence-corrected chi connectivity index (χ3v) is 4.79. The van der Waals surface area contributed by atoms with E-state index in [9.17, 15) is 0 Å². The van der Waals surface area contributed by atoms with Crippen molar-refractivity contribution < 1.29 is 0 Å². The smallest absolute Gasteiger partial charge is 0.159 e. The Morgan fingerprint density at radius 2 is 1.71 bits per heavy atom. The van der Waals surface area contributed by atoms with Gasteiger partial charge in [-0.2, -0.15) is 0 Å². The Morgan fingerprint density at radius 1 is 1.00 bits per heavy atom. The molecule has 0 N–H and O–H groups in total. The summed E-state index contributed by atoms with van der Waals surface area (Å²) in [6, 6.07) is 8.13. The summed E-state index contributed by atoms with van der Waals surface area (Å²) in [6.45, 7) is 5.56. The highest BCUT2D eigenvalue weighted by Crippen LogP contribution is 2.31. The Hall–Kier alpha value is -1.39. The van der Waals surface area contributed by atoms with E-state index < -0.39 is 0 Å². The van der Waals surface area contributed by atoms with Gasteiger partial charge in [-0.25, -0.2) is 0 Å². The molecule has 4 rings (SSSR count). The molecule has 4 nitrogen and oxygen atoms in total. The fourth-order valence-electron chi connectivity index (χ4n) is 3.10. The number of benzene rings is 1. The van der Waals surface area contributed by atoms with Gasteiger partial charge in [0.2, 0.25) is 0 Å². The number of hydrogen-bond donors (Lipinski definition) is 0. The number of aromatic nitrogens is 2. The number of anilines is 1. The standard InChI is InChI=1S/C16H19ClN4/c17-15-13-3-1-2-4-14(13)16(19-18-15)21-9-7-20(8-10-21)11-12-5-6-12/h1-4,12H,5-11H2. The number of piperazine rings is 1. The molecule has 1 aromatic heterocycles. The van der Waals surface area contributed by atoms with Crippen LogP contribution in [-0.4, -0.2) is 47.8 Å².